The van der Waals surface area contributed by atoms with Gasteiger partial charge in [0.15, 0.2) is 11.6 Å². The Kier molecular flexibility index (Phi) is 4.84. The molecule has 0 aliphatic carbocycles. The SMILES string of the molecule is CC(=O)Nc1nsnc1N1CCN(C(=O)OC(C)(C)C)CC1. The number of carbonyl (C=O) groups is 2. The van der Waals surface area contributed by atoms with E-state index in [1.54, 1.807) is 4.90 Å². The molecule has 9 heteroatoms. The van der Waals surface area contributed by atoms with Crippen LogP contribution in [0.25, 0.3) is 0 Å². The molecule has 1 fully saturated rings. The lowest BCUT2D eigenvalue weighted by Gasteiger charge is -2.35. The quantitative estimate of drug-likeness (QED) is 0.887. The van der Waals surface area contributed by atoms with Gasteiger partial charge in [-0.15, -0.1) is 0 Å². The third kappa shape index (κ3) is 4.30. The Labute approximate surface area is 133 Å². The van der Waals surface area contributed by atoms with Crippen LogP contribution >= 0.6 is 11.7 Å². The summed E-state index contributed by atoms with van der Waals surface area (Å²) in [4.78, 5) is 26.9. The molecule has 0 radical (unpaired) electrons. The van der Waals surface area contributed by atoms with E-state index in [1.165, 1.54) is 6.92 Å². The first-order chi connectivity index (χ1) is 10.3. The molecule has 1 aliphatic heterocycles. The Hall–Kier alpha value is -1.90. The van der Waals surface area contributed by atoms with Crippen molar-refractivity contribution in [3.63, 3.8) is 0 Å². The highest BCUT2D eigenvalue weighted by Crippen LogP contribution is 2.24. The van der Waals surface area contributed by atoms with E-state index in [9.17, 15) is 9.59 Å². The van der Waals surface area contributed by atoms with Gasteiger partial charge >= 0.3 is 6.09 Å². The number of amides is 2. The lowest BCUT2D eigenvalue weighted by atomic mass is 10.2. The third-order valence-electron chi connectivity index (χ3n) is 3.00. The minimum atomic E-state index is -0.494. The zero-order valence-corrected chi connectivity index (χ0v) is 14.1. The average Bonchev–Trinajstić information content (AvgIpc) is 2.84. The van der Waals surface area contributed by atoms with E-state index in [0.29, 0.717) is 37.8 Å². The van der Waals surface area contributed by atoms with E-state index in [4.69, 9.17) is 4.74 Å². The third-order valence-corrected chi connectivity index (χ3v) is 3.52. The lowest BCUT2D eigenvalue weighted by Crippen LogP contribution is -2.50. The van der Waals surface area contributed by atoms with Crippen LogP contribution in [0.2, 0.25) is 0 Å². The molecule has 8 nitrogen and oxygen atoms in total. The number of carbonyl (C=O) groups excluding carboxylic acids is 2. The van der Waals surface area contributed by atoms with Crippen LogP contribution in [0.3, 0.4) is 0 Å². The Morgan fingerprint density at radius 2 is 1.82 bits per heavy atom. The van der Waals surface area contributed by atoms with Gasteiger partial charge < -0.3 is 19.9 Å². The number of hydrogen-bond acceptors (Lipinski definition) is 7. The van der Waals surface area contributed by atoms with Crippen molar-refractivity contribution in [2.75, 3.05) is 36.4 Å². The zero-order valence-electron chi connectivity index (χ0n) is 13.3. The van der Waals surface area contributed by atoms with E-state index in [0.717, 1.165) is 11.7 Å². The number of nitrogens with zero attached hydrogens (tertiary/aromatic N) is 4. The molecule has 22 heavy (non-hydrogen) atoms. The second-order valence-electron chi connectivity index (χ2n) is 6.07. The van der Waals surface area contributed by atoms with Gasteiger partial charge in [-0.3, -0.25) is 4.79 Å². The predicted octanol–water partition coefficient (Wildman–Crippen LogP) is 1.55. The summed E-state index contributed by atoms with van der Waals surface area (Å²) < 4.78 is 13.7. The molecule has 1 aromatic rings. The van der Waals surface area contributed by atoms with Crippen molar-refractivity contribution in [1.82, 2.24) is 13.6 Å². The number of nitrogens with one attached hydrogen (secondary N) is 1. The van der Waals surface area contributed by atoms with E-state index >= 15 is 0 Å². The first-order valence-corrected chi connectivity index (χ1v) is 7.82. The molecule has 1 N–H and O–H groups in total. The fraction of sp³-hybridized carbons (Fsp3) is 0.692. The zero-order chi connectivity index (χ0) is 16.3. The summed E-state index contributed by atoms with van der Waals surface area (Å²) in [6.07, 6.45) is -0.300. The normalized spacial score (nSPS) is 15.6. The van der Waals surface area contributed by atoms with Gasteiger partial charge in [-0.25, -0.2) is 4.79 Å². The number of hydrogen-bond donors (Lipinski definition) is 1. The summed E-state index contributed by atoms with van der Waals surface area (Å²) in [7, 11) is 0. The van der Waals surface area contributed by atoms with E-state index in [1.807, 2.05) is 25.7 Å². The topological polar surface area (TPSA) is 87.7 Å². The minimum Gasteiger partial charge on any atom is -0.444 e. The van der Waals surface area contributed by atoms with Gasteiger partial charge in [0.05, 0.1) is 11.7 Å². The van der Waals surface area contributed by atoms with Crippen molar-refractivity contribution in [1.29, 1.82) is 0 Å². The molecule has 2 heterocycles. The number of ether oxygens (including phenoxy) is 1. The van der Waals surface area contributed by atoms with Gasteiger partial charge in [0.1, 0.15) is 5.60 Å². The number of anilines is 2. The van der Waals surface area contributed by atoms with Crippen molar-refractivity contribution in [3.8, 4) is 0 Å². The van der Waals surface area contributed by atoms with Gasteiger partial charge in [0, 0.05) is 33.1 Å². The van der Waals surface area contributed by atoms with Gasteiger partial charge in [0.25, 0.3) is 0 Å². The number of rotatable bonds is 2. The molecular weight excluding hydrogens is 306 g/mol. The molecule has 0 bridgehead atoms. The molecule has 0 saturated carbocycles. The average molecular weight is 327 g/mol. The van der Waals surface area contributed by atoms with Gasteiger partial charge in [-0.1, -0.05) is 0 Å². The maximum absolute atomic E-state index is 12.0. The van der Waals surface area contributed by atoms with Crippen molar-refractivity contribution < 1.29 is 14.3 Å². The second-order valence-corrected chi connectivity index (χ2v) is 6.60. The highest BCUT2D eigenvalue weighted by Gasteiger charge is 2.27. The smallest absolute Gasteiger partial charge is 0.410 e. The highest BCUT2D eigenvalue weighted by molar-refractivity contribution is 6.99. The first-order valence-electron chi connectivity index (χ1n) is 7.09. The number of piperazine rings is 1. The Morgan fingerprint density at radius 3 is 2.36 bits per heavy atom. The lowest BCUT2D eigenvalue weighted by molar-refractivity contribution is -0.114. The van der Waals surface area contributed by atoms with Gasteiger partial charge in [-0.05, 0) is 20.8 Å². The molecule has 1 saturated heterocycles. The van der Waals surface area contributed by atoms with Crippen molar-refractivity contribution >= 4 is 35.4 Å². The summed E-state index contributed by atoms with van der Waals surface area (Å²) in [5.74, 6) is 0.952. The Morgan fingerprint density at radius 1 is 1.18 bits per heavy atom. The summed E-state index contributed by atoms with van der Waals surface area (Å²) in [6.45, 7) is 9.32. The van der Waals surface area contributed by atoms with Crippen molar-refractivity contribution in [2.45, 2.75) is 33.3 Å². The molecular formula is C13H21N5O3S. The molecule has 1 aromatic heterocycles. The van der Waals surface area contributed by atoms with Crippen LogP contribution < -0.4 is 10.2 Å². The van der Waals surface area contributed by atoms with Crippen LogP contribution in [0.4, 0.5) is 16.4 Å². The largest absolute Gasteiger partial charge is 0.444 e. The molecule has 0 unspecified atom stereocenters. The van der Waals surface area contributed by atoms with Crippen LogP contribution in [0.15, 0.2) is 0 Å². The van der Waals surface area contributed by atoms with Crippen LogP contribution in [0.1, 0.15) is 27.7 Å². The van der Waals surface area contributed by atoms with Gasteiger partial charge in [0.2, 0.25) is 5.91 Å². The minimum absolute atomic E-state index is 0.179. The summed E-state index contributed by atoms with van der Waals surface area (Å²) in [5, 5.41) is 2.67. The van der Waals surface area contributed by atoms with E-state index in [2.05, 4.69) is 14.1 Å². The predicted molar refractivity (Wildman–Crippen MR) is 84.2 cm³/mol. The van der Waals surface area contributed by atoms with Gasteiger partial charge in [-0.2, -0.15) is 8.75 Å². The first kappa shape index (κ1) is 16.5. The molecule has 0 spiro atoms. The highest BCUT2D eigenvalue weighted by atomic mass is 32.1. The van der Waals surface area contributed by atoms with E-state index < -0.39 is 5.60 Å². The fourth-order valence-corrected chi connectivity index (χ4v) is 2.59. The molecule has 122 valence electrons. The molecule has 1 aliphatic rings. The molecule has 2 amide bonds. The summed E-state index contributed by atoms with van der Waals surface area (Å²) in [5.41, 5.74) is -0.494. The Balaban J connectivity index is 1.94. The molecule has 2 rings (SSSR count). The van der Waals surface area contributed by atoms with Crippen LogP contribution in [-0.4, -0.2) is 57.4 Å². The van der Waals surface area contributed by atoms with Crippen LogP contribution in [0, 0.1) is 0 Å². The summed E-state index contributed by atoms with van der Waals surface area (Å²) in [6, 6.07) is 0. The maximum atomic E-state index is 12.0. The second kappa shape index (κ2) is 6.47. The van der Waals surface area contributed by atoms with Crippen molar-refractivity contribution in [2.24, 2.45) is 0 Å². The van der Waals surface area contributed by atoms with Crippen LogP contribution in [-0.2, 0) is 9.53 Å². The number of aromatic nitrogens is 2. The van der Waals surface area contributed by atoms with Crippen LogP contribution in [0.5, 0.6) is 0 Å². The molecule has 0 atom stereocenters. The summed E-state index contributed by atoms with van der Waals surface area (Å²) >= 11 is 1.06. The van der Waals surface area contributed by atoms with Crippen molar-refractivity contribution in [3.05, 3.63) is 0 Å². The fourth-order valence-electron chi connectivity index (χ4n) is 2.06. The van der Waals surface area contributed by atoms with E-state index in [-0.39, 0.29) is 12.0 Å². The standard InChI is InChI=1S/C13H21N5O3S/c1-9(19)14-10-11(16-22-15-10)17-5-7-18(8-6-17)12(20)21-13(2,3)4/h5-8H2,1-4H3,(H,14,15,19). The maximum Gasteiger partial charge on any atom is 0.410 e. The Bertz CT molecular complexity index is 546. The monoisotopic (exact) mass is 327 g/mol. The molecule has 0 aromatic carbocycles.